The summed E-state index contributed by atoms with van der Waals surface area (Å²) >= 11 is 6.21. The van der Waals surface area contributed by atoms with Crippen molar-refractivity contribution in [1.29, 1.82) is 0 Å². The molecule has 8 nitrogen and oxygen atoms in total. The Hall–Kier alpha value is -3.62. The number of aromatic nitrogens is 3. The van der Waals surface area contributed by atoms with Gasteiger partial charge in [0.1, 0.15) is 0 Å². The van der Waals surface area contributed by atoms with Crippen molar-refractivity contribution in [3.63, 3.8) is 0 Å². The number of carboxylic acid groups (broad SMARTS) is 1. The van der Waals surface area contributed by atoms with Crippen molar-refractivity contribution >= 4 is 40.1 Å². The molecular formula is C28H29ClN4O4. The molecule has 0 aliphatic carbocycles. The highest BCUT2D eigenvalue weighted by Crippen LogP contribution is 2.49. The maximum absolute atomic E-state index is 12.8. The standard InChI is InChI=1S/C28H29ClN4O4/c1-15-12-20-22(17-6-8-18(29)9-7-17)21(25(26(35)36)37-28(3,4)5)16(2)23-24(20)32(15)10-11-33(23)27-30-13-19(34)14-31-27/h6-9,12-14,25,34H,10-11H2,1-5H3,(H,35,36)/t25-/m0/s1. The van der Waals surface area contributed by atoms with Crippen LogP contribution in [0.2, 0.25) is 5.02 Å². The molecule has 5 rings (SSSR count). The van der Waals surface area contributed by atoms with Crippen LogP contribution in [-0.4, -0.2) is 42.9 Å². The number of carboxylic acids is 1. The first-order chi connectivity index (χ1) is 17.5. The molecule has 9 heteroatoms. The zero-order valence-electron chi connectivity index (χ0n) is 21.4. The Balaban J connectivity index is 1.90. The molecule has 0 bridgehead atoms. The highest BCUT2D eigenvalue weighted by Gasteiger charge is 2.36. The Labute approximate surface area is 220 Å². The monoisotopic (exact) mass is 520 g/mol. The largest absolute Gasteiger partial charge is 0.505 e. The fourth-order valence-electron chi connectivity index (χ4n) is 5.19. The maximum atomic E-state index is 12.8. The number of aliphatic carboxylic acids is 1. The van der Waals surface area contributed by atoms with Gasteiger partial charge in [-0.25, -0.2) is 14.8 Å². The van der Waals surface area contributed by atoms with E-state index < -0.39 is 17.7 Å². The van der Waals surface area contributed by atoms with Crippen LogP contribution in [0, 0.1) is 13.8 Å². The summed E-state index contributed by atoms with van der Waals surface area (Å²) in [7, 11) is 0. The fourth-order valence-corrected chi connectivity index (χ4v) is 5.31. The van der Waals surface area contributed by atoms with E-state index in [4.69, 9.17) is 16.3 Å². The van der Waals surface area contributed by atoms with Crippen LogP contribution in [0.3, 0.4) is 0 Å². The lowest BCUT2D eigenvalue weighted by Crippen LogP contribution is -2.32. The Morgan fingerprint density at radius 2 is 1.76 bits per heavy atom. The van der Waals surface area contributed by atoms with Gasteiger partial charge in [-0.3, -0.25) is 0 Å². The number of halogens is 1. The minimum absolute atomic E-state index is 0.0230. The molecule has 0 saturated carbocycles. The summed E-state index contributed by atoms with van der Waals surface area (Å²) in [5, 5.41) is 21.7. The van der Waals surface area contributed by atoms with E-state index in [1.807, 2.05) is 56.9 Å². The van der Waals surface area contributed by atoms with Gasteiger partial charge in [-0.1, -0.05) is 23.7 Å². The molecule has 0 spiro atoms. The number of rotatable bonds is 5. The van der Waals surface area contributed by atoms with Crippen LogP contribution in [0.25, 0.3) is 22.0 Å². The Bertz CT molecular complexity index is 1510. The number of hydrogen-bond donors (Lipinski definition) is 2. The lowest BCUT2D eigenvalue weighted by Gasteiger charge is -2.34. The topological polar surface area (TPSA) is 101 Å². The second kappa shape index (κ2) is 9.04. The van der Waals surface area contributed by atoms with E-state index >= 15 is 0 Å². The summed E-state index contributed by atoms with van der Waals surface area (Å²) in [5.41, 5.74) is 5.18. The van der Waals surface area contributed by atoms with Crippen LogP contribution in [-0.2, 0) is 16.1 Å². The molecular weight excluding hydrogens is 492 g/mol. The van der Waals surface area contributed by atoms with Gasteiger partial charge in [0.05, 0.1) is 29.2 Å². The van der Waals surface area contributed by atoms with E-state index in [2.05, 4.69) is 27.5 Å². The number of carbonyl (C=O) groups is 1. The van der Waals surface area contributed by atoms with E-state index in [0.717, 1.165) is 39.0 Å². The van der Waals surface area contributed by atoms with Gasteiger partial charge >= 0.3 is 5.97 Å². The Kier molecular flexibility index (Phi) is 6.12. The van der Waals surface area contributed by atoms with E-state index in [0.29, 0.717) is 29.6 Å². The summed E-state index contributed by atoms with van der Waals surface area (Å²) in [6, 6.07) is 9.54. The summed E-state index contributed by atoms with van der Waals surface area (Å²) in [5.74, 6) is -0.662. The van der Waals surface area contributed by atoms with Crippen molar-refractivity contribution in [2.24, 2.45) is 0 Å². The van der Waals surface area contributed by atoms with Crippen molar-refractivity contribution in [1.82, 2.24) is 14.5 Å². The molecule has 2 N–H and O–H groups in total. The van der Waals surface area contributed by atoms with Crippen molar-refractivity contribution in [2.45, 2.75) is 52.9 Å². The average Bonchev–Trinajstić information content (AvgIpc) is 3.17. The van der Waals surface area contributed by atoms with E-state index in [1.54, 1.807) is 0 Å². The molecule has 2 aromatic carbocycles. The SMILES string of the molecule is Cc1c([C@H](OC(C)(C)C)C(=O)O)c(-c2ccc(Cl)cc2)c2cc(C)n3c2c1N(c1ncc(O)cn1)CC3. The lowest BCUT2D eigenvalue weighted by atomic mass is 9.87. The summed E-state index contributed by atoms with van der Waals surface area (Å²) < 4.78 is 8.45. The molecule has 4 aromatic rings. The van der Waals surface area contributed by atoms with Crippen LogP contribution in [0.5, 0.6) is 5.75 Å². The lowest BCUT2D eigenvalue weighted by molar-refractivity contribution is -0.160. The number of aryl methyl sites for hydroxylation is 1. The summed E-state index contributed by atoms with van der Waals surface area (Å²) in [6.45, 7) is 10.8. The van der Waals surface area contributed by atoms with E-state index in [9.17, 15) is 15.0 Å². The fraction of sp³-hybridized carbons (Fsp3) is 0.321. The third-order valence-electron chi connectivity index (χ3n) is 6.60. The van der Waals surface area contributed by atoms with Gasteiger partial charge in [-0.15, -0.1) is 0 Å². The van der Waals surface area contributed by atoms with Crippen LogP contribution in [0.4, 0.5) is 11.6 Å². The van der Waals surface area contributed by atoms with Crippen LogP contribution in [0.1, 0.15) is 43.7 Å². The number of benzene rings is 2. The van der Waals surface area contributed by atoms with Gasteiger partial charge < -0.3 is 24.4 Å². The second-order valence-electron chi connectivity index (χ2n) is 10.3. The summed E-state index contributed by atoms with van der Waals surface area (Å²) in [6.07, 6.45) is 1.50. The van der Waals surface area contributed by atoms with Crippen molar-refractivity contribution in [3.05, 3.63) is 64.6 Å². The predicted molar refractivity (Wildman–Crippen MR) is 144 cm³/mol. The van der Waals surface area contributed by atoms with Crippen molar-refractivity contribution < 1.29 is 19.7 Å². The first kappa shape index (κ1) is 25.0. The minimum atomic E-state index is -1.22. The number of anilines is 2. The highest BCUT2D eigenvalue weighted by molar-refractivity contribution is 6.30. The molecule has 1 aliphatic heterocycles. The molecule has 0 saturated heterocycles. The minimum Gasteiger partial charge on any atom is -0.505 e. The summed E-state index contributed by atoms with van der Waals surface area (Å²) in [4.78, 5) is 23.5. The molecule has 37 heavy (non-hydrogen) atoms. The Morgan fingerprint density at radius 1 is 1.11 bits per heavy atom. The molecule has 0 unspecified atom stereocenters. The number of ether oxygens (including phenoxy) is 1. The zero-order valence-corrected chi connectivity index (χ0v) is 22.2. The molecule has 1 atom stereocenters. The van der Waals surface area contributed by atoms with Gasteiger partial charge in [-0.05, 0) is 69.5 Å². The molecule has 1 aliphatic rings. The van der Waals surface area contributed by atoms with Crippen LogP contribution < -0.4 is 4.90 Å². The molecule has 0 amide bonds. The molecule has 3 heterocycles. The number of aromatic hydroxyl groups is 1. The first-order valence-electron chi connectivity index (χ1n) is 12.1. The average molecular weight is 521 g/mol. The van der Waals surface area contributed by atoms with Crippen molar-refractivity contribution in [2.75, 3.05) is 11.4 Å². The van der Waals surface area contributed by atoms with Crippen molar-refractivity contribution in [3.8, 4) is 16.9 Å². The predicted octanol–water partition coefficient (Wildman–Crippen LogP) is 6.17. The third-order valence-corrected chi connectivity index (χ3v) is 6.85. The van der Waals surface area contributed by atoms with Crippen LogP contribution >= 0.6 is 11.6 Å². The van der Waals surface area contributed by atoms with Gasteiger partial charge in [0.25, 0.3) is 0 Å². The highest BCUT2D eigenvalue weighted by atomic mass is 35.5. The van der Waals surface area contributed by atoms with Gasteiger partial charge in [0.2, 0.25) is 5.95 Å². The number of nitrogens with zero attached hydrogens (tertiary/aromatic N) is 4. The van der Waals surface area contributed by atoms with Gasteiger partial charge in [-0.2, -0.15) is 0 Å². The Morgan fingerprint density at radius 3 is 2.35 bits per heavy atom. The quantitative estimate of drug-likeness (QED) is 0.324. The maximum Gasteiger partial charge on any atom is 0.337 e. The molecule has 2 aromatic heterocycles. The van der Waals surface area contributed by atoms with Gasteiger partial charge in [0.15, 0.2) is 11.9 Å². The van der Waals surface area contributed by atoms with Crippen LogP contribution in [0.15, 0.2) is 42.7 Å². The normalized spacial score (nSPS) is 14.3. The zero-order chi connectivity index (χ0) is 26.6. The molecule has 0 radical (unpaired) electrons. The molecule has 192 valence electrons. The third kappa shape index (κ3) is 4.40. The number of hydrogen-bond acceptors (Lipinski definition) is 6. The van der Waals surface area contributed by atoms with Gasteiger partial charge in [0, 0.05) is 34.8 Å². The molecule has 0 fully saturated rings. The second-order valence-corrected chi connectivity index (χ2v) is 10.7. The first-order valence-corrected chi connectivity index (χ1v) is 12.5. The smallest absolute Gasteiger partial charge is 0.337 e. The van der Waals surface area contributed by atoms with E-state index in [-0.39, 0.29) is 5.75 Å². The van der Waals surface area contributed by atoms with E-state index in [1.165, 1.54) is 12.4 Å².